The topological polar surface area (TPSA) is 59.8 Å². The van der Waals surface area contributed by atoms with Crippen molar-refractivity contribution >= 4 is 34.1 Å². The molecule has 0 spiro atoms. The van der Waals surface area contributed by atoms with Crippen molar-refractivity contribution in [2.75, 3.05) is 5.32 Å². The SMILES string of the molecule is Cc1nnc(SC(C)C(=O)Nc2cccc3ccccc23)n1C1CCCCC1. The van der Waals surface area contributed by atoms with Crippen LogP contribution in [0.1, 0.15) is 50.9 Å². The highest BCUT2D eigenvalue weighted by atomic mass is 32.2. The molecule has 1 fully saturated rings. The number of benzene rings is 2. The van der Waals surface area contributed by atoms with E-state index in [1.165, 1.54) is 43.9 Å². The fraction of sp³-hybridized carbons (Fsp3) is 0.409. The number of carbonyl (C=O) groups excluding carboxylic acids is 1. The number of hydrogen-bond donors (Lipinski definition) is 1. The molecular weight excluding hydrogens is 368 g/mol. The lowest BCUT2D eigenvalue weighted by Crippen LogP contribution is -2.23. The van der Waals surface area contributed by atoms with Crippen LogP contribution >= 0.6 is 11.8 Å². The van der Waals surface area contributed by atoms with Crippen LogP contribution < -0.4 is 5.32 Å². The fourth-order valence-electron chi connectivity index (χ4n) is 3.97. The lowest BCUT2D eigenvalue weighted by atomic mass is 9.95. The van der Waals surface area contributed by atoms with Gasteiger partial charge in [-0.15, -0.1) is 10.2 Å². The molecule has 0 radical (unpaired) electrons. The van der Waals surface area contributed by atoms with E-state index in [0.29, 0.717) is 6.04 Å². The van der Waals surface area contributed by atoms with Crippen molar-refractivity contribution < 1.29 is 4.79 Å². The van der Waals surface area contributed by atoms with Gasteiger partial charge in [0.1, 0.15) is 5.82 Å². The van der Waals surface area contributed by atoms with Crippen molar-refractivity contribution in [3.8, 4) is 0 Å². The van der Waals surface area contributed by atoms with Crippen molar-refractivity contribution in [1.29, 1.82) is 0 Å². The maximum absolute atomic E-state index is 12.9. The fourth-order valence-corrected chi connectivity index (χ4v) is 4.94. The molecule has 146 valence electrons. The number of carbonyl (C=O) groups is 1. The number of anilines is 1. The molecule has 1 aromatic heterocycles. The van der Waals surface area contributed by atoms with Crippen LogP contribution in [0.5, 0.6) is 0 Å². The first kappa shape index (κ1) is 19.0. The highest BCUT2D eigenvalue weighted by molar-refractivity contribution is 8.00. The largest absolute Gasteiger partial charge is 0.325 e. The summed E-state index contributed by atoms with van der Waals surface area (Å²) in [6.07, 6.45) is 6.16. The standard InChI is InChI=1S/C22H26N4OS/c1-15(21(27)23-20-14-8-10-17-9-6-7-13-19(17)20)28-22-25-24-16(2)26(22)18-11-4-3-5-12-18/h6-10,13-15,18H,3-5,11-12H2,1-2H3,(H,23,27). The van der Waals surface area contributed by atoms with Crippen LogP contribution in [-0.2, 0) is 4.79 Å². The number of aryl methyl sites for hydroxylation is 1. The van der Waals surface area contributed by atoms with Crippen LogP contribution in [0.25, 0.3) is 10.8 Å². The average molecular weight is 395 g/mol. The quantitative estimate of drug-likeness (QED) is 0.592. The summed E-state index contributed by atoms with van der Waals surface area (Å²) in [5.41, 5.74) is 0.848. The predicted octanol–water partition coefficient (Wildman–Crippen LogP) is 5.36. The number of fused-ring (bicyclic) bond motifs is 1. The van der Waals surface area contributed by atoms with Gasteiger partial charge >= 0.3 is 0 Å². The molecule has 0 bridgehead atoms. The molecule has 28 heavy (non-hydrogen) atoms. The third-order valence-corrected chi connectivity index (χ3v) is 6.53. The number of amides is 1. The summed E-state index contributed by atoms with van der Waals surface area (Å²) in [6.45, 7) is 3.94. The molecular formula is C22H26N4OS. The second-order valence-electron chi connectivity index (χ2n) is 7.47. The Kier molecular flexibility index (Phi) is 5.67. The molecule has 5 nitrogen and oxygen atoms in total. The maximum Gasteiger partial charge on any atom is 0.237 e. The van der Waals surface area contributed by atoms with Crippen LogP contribution in [0.3, 0.4) is 0 Å². The molecule has 1 atom stereocenters. The first-order chi connectivity index (χ1) is 13.6. The normalized spacial score (nSPS) is 16.2. The Hall–Kier alpha value is -2.34. The molecule has 1 heterocycles. The van der Waals surface area contributed by atoms with Gasteiger partial charge in [0.05, 0.1) is 5.25 Å². The zero-order valence-electron chi connectivity index (χ0n) is 16.4. The first-order valence-corrected chi connectivity index (χ1v) is 10.9. The lowest BCUT2D eigenvalue weighted by Gasteiger charge is -2.25. The third kappa shape index (κ3) is 3.92. The monoisotopic (exact) mass is 394 g/mol. The molecule has 0 saturated heterocycles. The third-order valence-electron chi connectivity index (χ3n) is 5.47. The number of nitrogens with zero attached hydrogens (tertiary/aromatic N) is 3. The van der Waals surface area contributed by atoms with Gasteiger partial charge in [0, 0.05) is 17.1 Å². The van der Waals surface area contributed by atoms with E-state index in [1.54, 1.807) is 0 Å². The van der Waals surface area contributed by atoms with Gasteiger partial charge in [-0.2, -0.15) is 0 Å². The van der Waals surface area contributed by atoms with Crippen molar-refractivity contribution in [1.82, 2.24) is 14.8 Å². The molecule has 6 heteroatoms. The predicted molar refractivity (Wildman–Crippen MR) is 115 cm³/mol. The number of rotatable bonds is 5. The van der Waals surface area contributed by atoms with E-state index in [0.717, 1.165) is 27.4 Å². The van der Waals surface area contributed by atoms with Gasteiger partial charge in [-0.25, -0.2) is 0 Å². The van der Waals surface area contributed by atoms with E-state index < -0.39 is 0 Å². The Bertz CT molecular complexity index is 972. The summed E-state index contributed by atoms with van der Waals surface area (Å²) in [5, 5.41) is 14.5. The van der Waals surface area contributed by atoms with Gasteiger partial charge in [0.15, 0.2) is 5.16 Å². The van der Waals surface area contributed by atoms with Crippen molar-refractivity contribution in [3.05, 3.63) is 48.3 Å². The Morgan fingerprint density at radius 3 is 2.68 bits per heavy atom. The van der Waals surface area contributed by atoms with E-state index in [4.69, 9.17) is 0 Å². The Labute approximate surface area is 169 Å². The number of thioether (sulfide) groups is 1. The molecule has 1 amide bonds. The van der Waals surface area contributed by atoms with Gasteiger partial charge in [-0.05, 0) is 38.1 Å². The summed E-state index contributed by atoms with van der Waals surface area (Å²) in [6, 6.07) is 14.5. The van der Waals surface area contributed by atoms with Crippen LogP contribution in [0.2, 0.25) is 0 Å². The molecule has 1 aliphatic carbocycles. The Morgan fingerprint density at radius 1 is 1.11 bits per heavy atom. The van der Waals surface area contributed by atoms with E-state index >= 15 is 0 Å². The summed E-state index contributed by atoms with van der Waals surface area (Å²) >= 11 is 1.49. The number of aromatic nitrogens is 3. The van der Waals surface area contributed by atoms with Gasteiger partial charge < -0.3 is 9.88 Å². The molecule has 1 N–H and O–H groups in total. The molecule has 0 aliphatic heterocycles. The van der Waals surface area contributed by atoms with Gasteiger partial charge in [-0.1, -0.05) is 67.4 Å². The summed E-state index contributed by atoms with van der Waals surface area (Å²) < 4.78 is 2.24. The second kappa shape index (κ2) is 8.35. The van der Waals surface area contributed by atoms with E-state index in [2.05, 4.69) is 32.2 Å². The minimum absolute atomic E-state index is 0.0165. The van der Waals surface area contributed by atoms with Crippen LogP contribution in [0.15, 0.2) is 47.6 Å². The highest BCUT2D eigenvalue weighted by Crippen LogP contribution is 2.34. The van der Waals surface area contributed by atoms with E-state index in [-0.39, 0.29) is 11.2 Å². The van der Waals surface area contributed by atoms with Crippen LogP contribution in [0.4, 0.5) is 5.69 Å². The summed E-state index contributed by atoms with van der Waals surface area (Å²) in [7, 11) is 0. The van der Waals surface area contributed by atoms with E-state index in [9.17, 15) is 4.79 Å². The first-order valence-electron chi connectivity index (χ1n) is 10.0. The van der Waals surface area contributed by atoms with Gasteiger partial charge in [0.2, 0.25) is 5.91 Å². The molecule has 2 aromatic carbocycles. The molecule has 3 aromatic rings. The second-order valence-corrected chi connectivity index (χ2v) is 8.78. The smallest absolute Gasteiger partial charge is 0.237 e. The number of hydrogen-bond acceptors (Lipinski definition) is 4. The Balaban J connectivity index is 1.49. The minimum Gasteiger partial charge on any atom is -0.325 e. The zero-order chi connectivity index (χ0) is 19.5. The van der Waals surface area contributed by atoms with Crippen molar-refractivity contribution in [2.45, 2.75) is 62.4 Å². The number of nitrogens with one attached hydrogen (secondary N) is 1. The maximum atomic E-state index is 12.9. The van der Waals surface area contributed by atoms with E-state index in [1.807, 2.05) is 44.2 Å². The molecule has 1 saturated carbocycles. The van der Waals surface area contributed by atoms with Crippen molar-refractivity contribution in [3.63, 3.8) is 0 Å². The lowest BCUT2D eigenvalue weighted by molar-refractivity contribution is -0.115. The van der Waals surface area contributed by atoms with Crippen molar-refractivity contribution in [2.24, 2.45) is 0 Å². The summed E-state index contributed by atoms with van der Waals surface area (Å²) in [4.78, 5) is 12.9. The average Bonchev–Trinajstić information content (AvgIpc) is 3.09. The Morgan fingerprint density at radius 2 is 1.86 bits per heavy atom. The van der Waals surface area contributed by atoms with Gasteiger partial charge in [-0.3, -0.25) is 4.79 Å². The highest BCUT2D eigenvalue weighted by Gasteiger charge is 2.24. The van der Waals surface area contributed by atoms with Crippen LogP contribution in [0, 0.1) is 6.92 Å². The minimum atomic E-state index is -0.259. The molecule has 1 aliphatic rings. The van der Waals surface area contributed by atoms with Crippen LogP contribution in [-0.4, -0.2) is 25.9 Å². The zero-order valence-corrected chi connectivity index (χ0v) is 17.2. The molecule has 1 unspecified atom stereocenters. The summed E-state index contributed by atoms with van der Waals surface area (Å²) in [5.74, 6) is 0.924. The molecule has 4 rings (SSSR count). The van der Waals surface area contributed by atoms with Gasteiger partial charge in [0.25, 0.3) is 0 Å².